The van der Waals surface area contributed by atoms with E-state index in [4.69, 9.17) is 77.4 Å². The molecule has 47 heavy (non-hydrogen) atoms. The van der Waals surface area contributed by atoms with Gasteiger partial charge in [-0.3, -0.25) is 33.6 Å². The molecule has 2 N–H and O–H groups in total. The maximum absolute atomic E-state index is 12.8. The molecule has 2 aliphatic rings. The maximum atomic E-state index is 12.8. The van der Waals surface area contributed by atoms with Gasteiger partial charge in [-0.05, 0) is 0 Å². The smallest absolute Gasteiger partial charge is 0.303 e. The number of carbonyl (C=O) groups excluding carboxylic acids is 7. The second-order valence-electron chi connectivity index (χ2n) is 10.1. The fourth-order valence-corrected chi connectivity index (χ4v) is 4.68. The number of ether oxygens (including phenoxy) is 9. The number of alkyl halides is 3. The molecule has 0 bridgehead atoms. The second-order valence-corrected chi connectivity index (χ2v) is 12.4. The molecular formula is C26H34Cl3NO17. The summed E-state index contributed by atoms with van der Waals surface area (Å²) >= 11 is 17.2. The number of carbonyl (C=O) groups is 7. The van der Waals surface area contributed by atoms with E-state index in [0.29, 0.717) is 0 Å². The summed E-state index contributed by atoms with van der Waals surface area (Å²) in [7, 11) is 0. The minimum absolute atomic E-state index is 0.611. The van der Waals surface area contributed by atoms with Crippen LogP contribution in [0, 0.1) is 0 Å². The Kier molecular flexibility index (Phi) is 14.9. The Morgan fingerprint density at radius 2 is 1.04 bits per heavy atom. The van der Waals surface area contributed by atoms with Crippen molar-refractivity contribution in [2.45, 2.75) is 107 Å². The number of aliphatic hydroxyl groups is 1. The van der Waals surface area contributed by atoms with E-state index in [1.807, 2.05) is 0 Å². The van der Waals surface area contributed by atoms with E-state index in [9.17, 15) is 38.7 Å². The van der Waals surface area contributed by atoms with Crippen molar-refractivity contribution < 1.29 is 81.3 Å². The van der Waals surface area contributed by atoms with E-state index >= 15 is 0 Å². The van der Waals surface area contributed by atoms with E-state index in [-0.39, 0.29) is 0 Å². The summed E-state index contributed by atoms with van der Waals surface area (Å²) in [5.74, 6) is -6.60. The van der Waals surface area contributed by atoms with Gasteiger partial charge >= 0.3 is 35.8 Å². The topological polar surface area (TPSA) is 235 Å². The quantitative estimate of drug-likeness (QED) is 0.155. The average Bonchev–Trinajstić information content (AvgIpc) is 2.91. The molecule has 0 aliphatic carbocycles. The van der Waals surface area contributed by atoms with Crippen molar-refractivity contribution in [3.8, 4) is 0 Å². The van der Waals surface area contributed by atoms with Crippen LogP contribution in [-0.2, 0) is 76.2 Å². The molecule has 0 aromatic heterocycles. The number of rotatable bonds is 11. The fourth-order valence-electron chi connectivity index (χ4n) is 4.52. The van der Waals surface area contributed by atoms with Crippen LogP contribution in [0.3, 0.4) is 0 Å². The summed E-state index contributed by atoms with van der Waals surface area (Å²) in [6, 6.07) is -1.72. The first-order valence-electron chi connectivity index (χ1n) is 13.7. The first kappa shape index (κ1) is 40.2. The van der Waals surface area contributed by atoms with Crippen LogP contribution in [0.4, 0.5) is 0 Å². The Morgan fingerprint density at radius 3 is 1.51 bits per heavy atom. The van der Waals surface area contributed by atoms with Gasteiger partial charge in [-0.2, -0.15) is 0 Å². The van der Waals surface area contributed by atoms with Crippen LogP contribution in [-0.4, -0.2) is 125 Å². The summed E-state index contributed by atoms with van der Waals surface area (Å²) in [4.78, 5) is 84.4. The summed E-state index contributed by atoms with van der Waals surface area (Å²) < 4.78 is 46.4. The van der Waals surface area contributed by atoms with Crippen molar-refractivity contribution >= 4 is 76.5 Å². The van der Waals surface area contributed by atoms with E-state index in [2.05, 4.69) is 5.32 Å². The van der Waals surface area contributed by atoms with Crippen molar-refractivity contribution in [3.63, 3.8) is 0 Å². The zero-order chi connectivity index (χ0) is 35.8. The molecule has 2 aliphatic heterocycles. The Balaban J connectivity index is 2.68. The van der Waals surface area contributed by atoms with Crippen molar-refractivity contribution in [2.75, 3.05) is 13.2 Å². The number of esters is 6. The third kappa shape index (κ3) is 12.2. The van der Waals surface area contributed by atoms with Crippen LogP contribution >= 0.6 is 34.8 Å². The standard InChI is InChI=1S/C26H34Cl3NO17/c1-9(31)39-7-15-18(37)20(42-12(4)34)17(30-25(38)26(27,28)29)23(45-15)47-24-22(44-14(6)36)21(43-13(5)35)19(41-11(3)33)16(46-24)8-40-10(2)32/h15-24,37H,7-8H2,1-6H3,(H,30,38)/t15-,16-,17+,18-,19-,20-,21+,22-,23-,24+/m1/s1. The molecule has 0 spiro atoms. The number of hydrogen-bond acceptors (Lipinski definition) is 17. The number of halogens is 3. The van der Waals surface area contributed by atoms with E-state index in [1.165, 1.54) is 0 Å². The zero-order valence-corrected chi connectivity index (χ0v) is 28.1. The monoisotopic (exact) mass is 737 g/mol. The van der Waals surface area contributed by atoms with Crippen LogP contribution < -0.4 is 5.32 Å². The Morgan fingerprint density at radius 1 is 0.617 bits per heavy atom. The van der Waals surface area contributed by atoms with E-state index in [1.54, 1.807) is 0 Å². The van der Waals surface area contributed by atoms with Crippen LogP contribution in [0.5, 0.6) is 0 Å². The third-order valence-corrected chi connectivity index (χ3v) is 6.71. The van der Waals surface area contributed by atoms with Gasteiger partial charge in [-0.25, -0.2) is 0 Å². The number of amides is 1. The molecule has 0 unspecified atom stereocenters. The van der Waals surface area contributed by atoms with Crippen LogP contribution in [0.15, 0.2) is 0 Å². The minimum Gasteiger partial charge on any atom is -0.463 e. The molecule has 1 amide bonds. The maximum Gasteiger partial charge on any atom is 0.303 e. The molecule has 266 valence electrons. The SMILES string of the molecule is CC(=O)OC[C@H]1O[C@H](O[C@@H]2O[C@H](COC(C)=O)[C@@H](OC(C)=O)[C@H](OC(C)=O)[C@H]2OC(C)=O)[C@@H](NC(=O)C(Cl)(Cl)Cl)[C@@H](OC(C)=O)[C@@H]1O. The predicted molar refractivity (Wildman–Crippen MR) is 152 cm³/mol. The Hall–Kier alpha value is -3.00. The highest BCUT2D eigenvalue weighted by Crippen LogP contribution is 2.34. The van der Waals surface area contributed by atoms with E-state index in [0.717, 1.165) is 41.5 Å². The van der Waals surface area contributed by atoms with Crippen molar-refractivity contribution in [3.05, 3.63) is 0 Å². The normalized spacial score (nSPS) is 30.6. The lowest BCUT2D eigenvalue weighted by Gasteiger charge is -2.48. The van der Waals surface area contributed by atoms with E-state index < -0.39 is 120 Å². The lowest BCUT2D eigenvalue weighted by molar-refractivity contribution is -0.364. The Labute approximate surface area is 282 Å². The first-order valence-corrected chi connectivity index (χ1v) is 14.8. The van der Waals surface area contributed by atoms with Crippen molar-refractivity contribution in [1.82, 2.24) is 5.32 Å². The van der Waals surface area contributed by atoms with Gasteiger partial charge in [0.25, 0.3) is 9.70 Å². The Bertz CT molecular complexity index is 1200. The predicted octanol–water partition coefficient (Wildman–Crippen LogP) is -0.478. The molecule has 0 aromatic carbocycles. The number of hydrogen-bond donors (Lipinski definition) is 2. The number of aliphatic hydroxyl groups excluding tert-OH is 1. The molecule has 10 atom stereocenters. The van der Waals surface area contributed by atoms with Crippen LogP contribution in [0.1, 0.15) is 41.5 Å². The molecule has 2 heterocycles. The van der Waals surface area contributed by atoms with Crippen LogP contribution in [0.25, 0.3) is 0 Å². The average molecular weight is 739 g/mol. The summed E-state index contributed by atoms with van der Waals surface area (Å²) in [6.45, 7) is 4.88. The van der Waals surface area contributed by atoms with Gasteiger partial charge in [0, 0.05) is 41.5 Å². The summed E-state index contributed by atoms with van der Waals surface area (Å²) in [5.41, 5.74) is 0. The highest BCUT2D eigenvalue weighted by molar-refractivity contribution is 6.76. The van der Waals surface area contributed by atoms with Gasteiger partial charge in [0.2, 0.25) is 6.29 Å². The molecule has 0 aromatic rings. The number of nitrogens with one attached hydrogen (secondary N) is 1. The van der Waals surface area contributed by atoms with Gasteiger partial charge in [0.1, 0.15) is 37.6 Å². The molecule has 18 nitrogen and oxygen atoms in total. The fraction of sp³-hybridized carbons (Fsp3) is 0.731. The van der Waals surface area contributed by atoms with Gasteiger partial charge in [-0.1, -0.05) is 34.8 Å². The molecule has 21 heteroatoms. The first-order chi connectivity index (χ1) is 21.7. The van der Waals surface area contributed by atoms with Crippen molar-refractivity contribution in [2.24, 2.45) is 0 Å². The van der Waals surface area contributed by atoms with Crippen molar-refractivity contribution in [1.29, 1.82) is 0 Å². The van der Waals surface area contributed by atoms with Gasteiger partial charge in [0.15, 0.2) is 30.7 Å². The zero-order valence-electron chi connectivity index (χ0n) is 25.8. The molecule has 0 saturated carbocycles. The van der Waals surface area contributed by atoms with Gasteiger partial charge < -0.3 is 53.1 Å². The molecule has 2 saturated heterocycles. The minimum atomic E-state index is -2.60. The lowest BCUT2D eigenvalue weighted by atomic mass is 9.95. The summed E-state index contributed by atoms with van der Waals surface area (Å²) in [6.07, 6.45) is -15.2. The third-order valence-electron chi connectivity index (χ3n) is 6.20. The van der Waals surface area contributed by atoms with Gasteiger partial charge in [-0.15, -0.1) is 0 Å². The largest absolute Gasteiger partial charge is 0.463 e. The second kappa shape index (κ2) is 17.4. The highest BCUT2D eigenvalue weighted by Gasteiger charge is 2.56. The van der Waals surface area contributed by atoms with Crippen LogP contribution in [0.2, 0.25) is 0 Å². The van der Waals surface area contributed by atoms with Gasteiger partial charge in [0.05, 0.1) is 0 Å². The molecule has 2 rings (SSSR count). The molecular weight excluding hydrogens is 705 g/mol. The lowest BCUT2D eigenvalue weighted by Crippen LogP contribution is -2.69. The highest BCUT2D eigenvalue weighted by atomic mass is 35.6. The summed E-state index contributed by atoms with van der Waals surface area (Å²) in [5, 5.41) is 13.3. The molecule has 0 radical (unpaired) electrons. The molecule has 2 fully saturated rings.